The zero-order valence-corrected chi connectivity index (χ0v) is 10.2. The van der Waals surface area contributed by atoms with Crippen LogP contribution in [0.1, 0.15) is 45.2 Å². The molecule has 4 nitrogen and oxygen atoms in total. The smallest absolute Gasteiger partial charge is 0.138 e. The first kappa shape index (κ1) is 12.9. The third-order valence-corrected chi connectivity index (χ3v) is 2.29. The molecule has 16 heavy (non-hydrogen) atoms. The van der Waals surface area contributed by atoms with E-state index in [1.165, 1.54) is 0 Å². The van der Waals surface area contributed by atoms with Crippen LogP contribution >= 0.6 is 0 Å². The van der Waals surface area contributed by atoms with E-state index in [9.17, 15) is 0 Å². The summed E-state index contributed by atoms with van der Waals surface area (Å²) in [7, 11) is 0. The molecule has 1 heterocycles. The summed E-state index contributed by atoms with van der Waals surface area (Å²) in [5.41, 5.74) is 3.88. The van der Waals surface area contributed by atoms with Crippen molar-refractivity contribution in [2.24, 2.45) is 5.84 Å². The van der Waals surface area contributed by atoms with Crippen LogP contribution in [0.25, 0.3) is 0 Å². The minimum absolute atomic E-state index is 0.146. The van der Waals surface area contributed by atoms with Crippen LogP contribution in [0.4, 0.5) is 0 Å². The maximum absolute atomic E-state index is 5.60. The van der Waals surface area contributed by atoms with E-state index >= 15 is 0 Å². The molecule has 0 aliphatic carbocycles. The van der Waals surface area contributed by atoms with Gasteiger partial charge in [-0.2, -0.15) is 0 Å². The van der Waals surface area contributed by atoms with Gasteiger partial charge in [0.25, 0.3) is 0 Å². The van der Waals surface area contributed by atoms with Gasteiger partial charge >= 0.3 is 0 Å². The van der Waals surface area contributed by atoms with Gasteiger partial charge in [-0.25, -0.2) is 0 Å². The van der Waals surface area contributed by atoms with Crippen molar-refractivity contribution in [3.05, 3.63) is 24.0 Å². The zero-order chi connectivity index (χ0) is 12.0. The van der Waals surface area contributed by atoms with E-state index in [-0.39, 0.29) is 12.1 Å². The van der Waals surface area contributed by atoms with Crippen molar-refractivity contribution in [3.63, 3.8) is 0 Å². The number of hydrogen-bond donors (Lipinski definition) is 2. The highest BCUT2D eigenvalue weighted by molar-refractivity contribution is 5.26. The van der Waals surface area contributed by atoms with Gasteiger partial charge in [0.05, 0.1) is 12.3 Å². The number of ether oxygens (including phenoxy) is 1. The molecule has 0 aliphatic rings. The van der Waals surface area contributed by atoms with Crippen LogP contribution in [-0.4, -0.2) is 11.1 Å². The van der Waals surface area contributed by atoms with E-state index < -0.39 is 0 Å². The fourth-order valence-corrected chi connectivity index (χ4v) is 1.60. The number of rotatable bonds is 6. The molecule has 0 bridgehead atoms. The first-order valence-electron chi connectivity index (χ1n) is 5.75. The second kappa shape index (κ2) is 6.45. The number of hydrogen-bond acceptors (Lipinski definition) is 4. The van der Waals surface area contributed by atoms with Crippen molar-refractivity contribution in [1.82, 2.24) is 10.4 Å². The minimum atomic E-state index is 0.146. The van der Waals surface area contributed by atoms with Crippen molar-refractivity contribution in [2.45, 2.75) is 45.8 Å². The maximum Gasteiger partial charge on any atom is 0.138 e. The molecule has 0 fully saturated rings. The molecule has 0 spiro atoms. The molecule has 0 aromatic carbocycles. The summed E-state index contributed by atoms with van der Waals surface area (Å²) in [6.07, 6.45) is 5.77. The van der Waals surface area contributed by atoms with Gasteiger partial charge in [0.2, 0.25) is 0 Å². The van der Waals surface area contributed by atoms with Gasteiger partial charge in [-0.3, -0.25) is 16.3 Å². The number of nitrogens with one attached hydrogen (secondary N) is 1. The highest BCUT2D eigenvalue weighted by Crippen LogP contribution is 2.21. The maximum atomic E-state index is 5.60. The number of hydrazine groups is 1. The summed E-state index contributed by atoms with van der Waals surface area (Å²) in [5, 5.41) is 0. The molecule has 3 N–H and O–H groups in total. The van der Waals surface area contributed by atoms with Crippen molar-refractivity contribution in [3.8, 4) is 5.75 Å². The van der Waals surface area contributed by atoms with Crippen molar-refractivity contribution in [1.29, 1.82) is 0 Å². The SMILES string of the molecule is CCCC(NN)c1cncc(OC(C)C)c1. The summed E-state index contributed by atoms with van der Waals surface area (Å²) in [6, 6.07) is 2.14. The van der Waals surface area contributed by atoms with Crippen LogP contribution in [0, 0.1) is 0 Å². The quantitative estimate of drug-likeness (QED) is 0.573. The third-order valence-electron chi connectivity index (χ3n) is 2.29. The zero-order valence-electron chi connectivity index (χ0n) is 10.2. The van der Waals surface area contributed by atoms with Crippen LogP contribution < -0.4 is 16.0 Å². The van der Waals surface area contributed by atoms with Crippen LogP contribution in [0.2, 0.25) is 0 Å². The lowest BCUT2D eigenvalue weighted by atomic mass is 10.1. The first-order chi connectivity index (χ1) is 7.67. The topological polar surface area (TPSA) is 60.2 Å². The lowest BCUT2D eigenvalue weighted by Crippen LogP contribution is -2.28. The van der Waals surface area contributed by atoms with Gasteiger partial charge in [-0.1, -0.05) is 13.3 Å². The molecule has 0 radical (unpaired) electrons. The van der Waals surface area contributed by atoms with Crippen LogP contribution in [0.15, 0.2) is 18.5 Å². The Balaban J connectivity index is 2.79. The highest BCUT2D eigenvalue weighted by atomic mass is 16.5. The predicted molar refractivity (Wildman–Crippen MR) is 65.0 cm³/mol. The molecule has 0 saturated carbocycles. The molecular weight excluding hydrogens is 202 g/mol. The Hall–Kier alpha value is -1.13. The van der Waals surface area contributed by atoms with Gasteiger partial charge in [0, 0.05) is 12.2 Å². The molecule has 0 aliphatic heterocycles. The summed E-state index contributed by atoms with van der Waals surface area (Å²) in [6.45, 7) is 6.13. The van der Waals surface area contributed by atoms with E-state index in [0.717, 1.165) is 24.2 Å². The average molecular weight is 223 g/mol. The van der Waals surface area contributed by atoms with E-state index in [1.54, 1.807) is 6.20 Å². The average Bonchev–Trinajstić information content (AvgIpc) is 2.25. The molecule has 1 aromatic heterocycles. The molecule has 90 valence electrons. The van der Waals surface area contributed by atoms with Crippen molar-refractivity contribution >= 4 is 0 Å². The Morgan fingerprint density at radius 2 is 2.19 bits per heavy atom. The largest absolute Gasteiger partial charge is 0.489 e. The summed E-state index contributed by atoms with van der Waals surface area (Å²) in [5.74, 6) is 6.32. The van der Waals surface area contributed by atoms with Gasteiger partial charge < -0.3 is 4.74 Å². The Bertz CT molecular complexity index is 315. The Labute approximate surface area is 97.2 Å². The van der Waals surface area contributed by atoms with E-state index in [4.69, 9.17) is 10.6 Å². The van der Waals surface area contributed by atoms with E-state index in [0.29, 0.717) is 0 Å². The molecule has 1 rings (SSSR count). The second-order valence-corrected chi connectivity index (χ2v) is 4.13. The molecule has 1 unspecified atom stereocenters. The van der Waals surface area contributed by atoms with Crippen LogP contribution in [0.5, 0.6) is 5.75 Å². The number of aromatic nitrogens is 1. The second-order valence-electron chi connectivity index (χ2n) is 4.13. The molecule has 1 atom stereocenters. The Morgan fingerprint density at radius 3 is 2.75 bits per heavy atom. The summed E-state index contributed by atoms with van der Waals surface area (Å²) in [4.78, 5) is 4.17. The molecule has 4 heteroatoms. The lowest BCUT2D eigenvalue weighted by Gasteiger charge is -2.16. The molecule has 1 aromatic rings. The summed E-state index contributed by atoms with van der Waals surface area (Å²) < 4.78 is 5.60. The fraction of sp³-hybridized carbons (Fsp3) is 0.583. The molecule has 0 amide bonds. The van der Waals surface area contributed by atoms with Gasteiger partial charge in [-0.05, 0) is 31.9 Å². The fourth-order valence-electron chi connectivity index (χ4n) is 1.60. The van der Waals surface area contributed by atoms with E-state index in [1.807, 2.05) is 26.1 Å². The first-order valence-corrected chi connectivity index (χ1v) is 5.75. The van der Waals surface area contributed by atoms with Crippen molar-refractivity contribution < 1.29 is 4.74 Å². The number of nitrogens with zero attached hydrogens (tertiary/aromatic N) is 1. The Kier molecular flexibility index (Phi) is 5.22. The predicted octanol–water partition coefficient (Wildman–Crippen LogP) is 2.17. The van der Waals surface area contributed by atoms with E-state index in [2.05, 4.69) is 17.3 Å². The standard InChI is InChI=1S/C12H21N3O/c1-4-5-12(15-13)10-6-11(8-14-7-10)16-9(2)3/h6-9,12,15H,4-5,13H2,1-3H3. The minimum Gasteiger partial charge on any atom is -0.489 e. The van der Waals surface area contributed by atoms with Gasteiger partial charge in [-0.15, -0.1) is 0 Å². The molecular formula is C12H21N3O. The summed E-state index contributed by atoms with van der Waals surface area (Å²) >= 11 is 0. The van der Waals surface area contributed by atoms with Gasteiger partial charge in [0.15, 0.2) is 0 Å². The number of pyridine rings is 1. The van der Waals surface area contributed by atoms with Crippen LogP contribution in [-0.2, 0) is 0 Å². The highest BCUT2D eigenvalue weighted by Gasteiger charge is 2.10. The third kappa shape index (κ3) is 3.79. The van der Waals surface area contributed by atoms with Crippen LogP contribution in [0.3, 0.4) is 0 Å². The molecule has 0 saturated heterocycles. The lowest BCUT2D eigenvalue weighted by molar-refractivity contribution is 0.241. The number of nitrogens with two attached hydrogens (primary N) is 1. The monoisotopic (exact) mass is 223 g/mol. The normalized spacial score (nSPS) is 12.8. The van der Waals surface area contributed by atoms with Crippen molar-refractivity contribution in [2.75, 3.05) is 0 Å². The Morgan fingerprint density at radius 1 is 1.44 bits per heavy atom. The van der Waals surface area contributed by atoms with Gasteiger partial charge in [0.1, 0.15) is 5.75 Å².